The molecule has 0 saturated heterocycles. The van der Waals surface area contributed by atoms with Crippen molar-refractivity contribution in [2.75, 3.05) is 5.73 Å². The van der Waals surface area contributed by atoms with Crippen LogP contribution in [0.25, 0.3) is 0 Å². The van der Waals surface area contributed by atoms with Crippen LogP contribution in [-0.2, 0) is 5.75 Å². The number of thioether (sulfide) groups is 1. The Bertz CT molecular complexity index is 662. The van der Waals surface area contributed by atoms with Crippen LogP contribution >= 0.6 is 27.7 Å². The minimum Gasteiger partial charge on any atom is -0.399 e. The molecular formula is C14H13BrN2O2S. The highest BCUT2D eigenvalue weighted by Crippen LogP contribution is 2.33. The third kappa shape index (κ3) is 3.32. The number of halogens is 1. The summed E-state index contributed by atoms with van der Waals surface area (Å²) in [6.07, 6.45) is 0. The highest BCUT2D eigenvalue weighted by Gasteiger charge is 2.14. The fourth-order valence-corrected chi connectivity index (χ4v) is 3.44. The highest BCUT2D eigenvalue weighted by molar-refractivity contribution is 9.10. The second-order valence-electron chi connectivity index (χ2n) is 4.31. The summed E-state index contributed by atoms with van der Waals surface area (Å²) in [6.45, 7) is 1.96. The van der Waals surface area contributed by atoms with E-state index in [1.807, 2.05) is 31.2 Å². The predicted octanol–water partition coefficient (Wildman–Crippen LogP) is 4.54. The number of aryl methyl sites for hydroxylation is 1. The van der Waals surface area contributed by atoms with Crippen LogP contribution in [-0.4, -0.2) is 4.92 Å². The Balaban J connectivity index is 2.17. The van der Waals surface area contributed by atoms with Gasteiger partial charge in [0.2, 0.25) is 0 Å². The van der Waals surface area contributed by atoms with E-state index in [1.54, 1.807) is 17.8 Å². The van der Waals surface area contributed by atoms with Gasteiger partial charge in [0.05, 0.1) is 9.40 Å². The number of nitro benzene ring substituents is 1. The van der Waals surface area contributed by atoms with Gasteiger partial charge in [0.15, 0.2) is 0 Å². The van der Waals surface area contributed by atoms with Crippen molar-refractivity contribution in [2.45, 2.75) is 17.6 Å². The average molecular weight is 353 g/mol. The molecule has 20 heavy (non-hydrogen) atoms. The number of nitrogens with two attached hydrogens (primary N) is 1. The molecule has 2 aromatic rings. The molecule has 2 rings (SSSR count). The quantitative estimate of drug-likeness (QED) is 0.379. The first kappa shape index (κ1) is 14.9. The van der Waals surface area contributed by atoms with Crippen LogP contribution in [0.15, 0.2) is 45.8 Å². The van der Waals surface area contributed by atoms with Gasteiger partial charge in [-0.1, -0.05) is 12.1 Å². The standard InChI is InChI=1S/C14H13BrN2O2S/c1-9-7-11(5-6-12(9)16)20-8-10-3-2-4-13(14(10)15)17(18)19/h2-7H,8,16H2,1H3. The maximum atomic E-state index is 10.9. The molecule has 0 amide bonds. The molecule has 4 nitrogen and oxygen atoms in total. The Hall–Kier alpha value is -1.53. The number of nitrogens with zero attached hydrogens (tertiary/aromatic N) is 1. The smallest absolute Gasteiger partial charge is 0.283 e. The van der Waals surface area contributed by atoms with Crippen LogP contribution in [0, 0.1) is 17.0 Å². The Labute approximate surface area is 129 Å². The van der Waals surface area contributed by atoms with Crippen molar-refractivity contribution < 1.29 is 4.92 Å². The van der Waals surface area contributed by atoms with E-state index in [9.17, 15) is 10.1 Å². The molecule has 0 fully saturated rings. The maximum absolute atomic E-state index is 10.9. The molecular weight excluding hydrogens is 340 g/mol. The van der Waals surface area contributed by atoms with E-state index in [-0.39, 0.29) is 10.6 Å². The number of hydrogen-bond acceptors (Lipinski definition) is 4. The molecule has 0 saturated carbocycles. The third-order valence-electron chi connectivity index (χ3n) is 2.89. The van der Waals surface area contributed by atoms with Gasteiger partial charge in [-0.3, -0.25) is 10.1 Å². The Morgan fingerprint density at radius 1 is 1.35 bits per heavy atom. The molecule has 0 heterocycles. The molecule has 0 radical (unpaired) electrons. The monoisotopic (exact) mass is 352 g/mol. The highest BCUT2D eigenvalue weighted by atomic mass is 79.9. The van der Waals surface area contributed by atoms with E-state index in [2.05, 4.69) is 15.9 Å². The number of rotatable bonds is 4. The molecule has 0 bridgehead atoms. The van der Waals surface area contributed by atoms with Gasteiger partial charge < -0.3 is 5.73 Å². The summed E-state index contributed by atoms with van der Waals surface area (Å²) in [7, 11) is 0. The molecule has 104 valence electrons. The first-order valence-electron chi connectivity index (χ1n) is 5.89. The van der Waals surface area contributed by atoms with Crippen LogP contribution in [0.3, 0.4) is 0 Å². The predicted molar refractivity (Wildman–Crippen MR) is 85.9 cm³/mol. The number of nitrogen functional groups attached to an aromatic ring is 1. The van der Waals surface area contributed by atoms with Crippen LogP contribution in [0.4, 0.5) is 11.4 Å². The number of anilines is 1. The summed E-state index contributed by atoms with van der Waals surface area (Å²) in [5.74, 6) is 0.658. The topological polar surface area (TPSA) is 69.2 Å². The van der Waals surface area contributed by atoms with E-state index in [0.717, 1.165) is 21.7 Å². The third-order valence-corrected chi connectivity index (χ3v) is 4.85. The van der Waals surface area contributed by atoms with Crippen molar-refractivity contribution in [1.29, 1.82) is 0 Å². The van der Waals surface area contributed by atoms with Gasteiger partial charge in [0, 0.05) is 22.4 Å². The Morgan fingerprint density at radius 2 is 2.10 bits per heavy atom. The van der Waals surface area contributed by atoms with Gasteiger partial charge in [-0.2, -0.15) is 0 Å². The maximum Gasteiger partial charge on any atom is 0.283 e. The number of hydrogen-bond donors (Lipinski definition) is 1. The minimum absolute atomic E-state index is 0.0941. The van der Waals surface area contributed by atoms with Crippen molar-refractivity contribution >= 4 is 39.1 Å². The van der Waals surface area contributed by atoms with Crippen molar-refractivity contribution in [3.05, 3.63) is 62.1 Å². The molecule has 0 aliphatic carbocycles. The van der Waals surface area contributed by atoms with E-state index >= 15 is 0 Å². The van der Waals surface area contributed by atoms with Gasteiger partial charge in [0.25, 0.3) is 5.69 Å². The van der Waals surface area contributed by atoms with E-state index in [1.165, 1.54) is 6.07 Å². The molecule has 2 N–H and O–H groups in total. The Kier molecular flexibility index (Phi) is 4.67. The summed E-state index contributed by atoms with van der Waals surface area (Å²) >= 11 is 4.93. The molecule has 0 aliphatic heterocycles. The summed E-state index contributed by atoms with van der Waals surface area (Å²) < 4.78 is 0.546. The summed E-state index contributed by atoms with van der Waals surface area (Å²) in [4.78, 5) is 11.6. The zero-order valence-electron chi connectivity index (χ0n) is 10.8. The van der Waals surface area contributed by atoms with Crippen molar-refractivity contribution in [1.82, 2.24) is 0 Å². The summed E-state index contributed by atoms with van der Waals surface area (Å²) in [5.41, 5.74) is 8.58. The van der Waals surface area contributed by atoms with Gasteiger partial charge in [-0.25, -0.2) is 0 Å². The molecule has 0 aliphatic rings. The lowest BCUT2D eigenvalue weighted by Crippen LogP contribution is -1.93. The minimum atomic E-state index is -0.383. The molecule has 0 aromatic heterocycles. The summed E-state index contributed by atoms with van der Waals surface area (Å²) in [6, 6.07) is 10.9. The molecule has 2 aromatic carbocycles. The van der Waals surface area contributed by atoms with Gasteiger partial charge >= 0.3 is 0 Å². The van der Waals surface area contributed by atoms with Gasteiger partial charge in [-0.05, 0) is 52.2 Å². The van der Waals surface area contributed by atoms with Crippen LogP contribution in [0.5, 0.6) is 0 Å². The van der Waals surface area contributed by atoms with Crippen LogP contribution < -0.4 is 5.73 Å². The average Bonchev–Trinajstić information content (AvgIpc) is 2.41. The first-order valence-corrected chi connectivity index (χ1v) is 7.67. The fraction of sp³-hybridized carbons (Fsp3) is 0.143. The lowest BCUT2D eigenvalue weighted by molar-refractivity contribution is -0.385. The number of nitro groups is 1. The molecule has 0 unspecified atom stereocenters. The molecule has 0 spiro atoms. The van der Waals surface area contributed by atoms with Crippen LogP contribution in [0.1, 0.15) is 11.1 Å². The van der Waals surface area contributed by atoms with Gasteiger partial charge in [0.1, 0.15) is 0 Å². The SMILES string of the molecule is Cc1cc(SCc2cccc([N+](=O)[O-])c2Br)ccc1N. The fourth-order valence-electron chi connectivity index (χ4n) is 1.72. The van der Waals surface area contributed by atoms with Crippen molar-refractivity contribution in [2.24, 2.45) is 0 Å². The lowest BCUT2D eigenvalue weighted by atomic mass is 10.2. The van der Waals surface area contributed by atoms with E-state index in [0.29, 0.717) is 10.2 Å². The van der Waals surface area contributed by atoms with Crippen molar-refractivity contribution in [3.63, 3.8) is 0 Å². The largest absolute Gasteiger partial charge is 0.399 e. The second-order valence-corrected chi connectivity index (χ2v) is 6.16. The first-order chi connectivity index (χ1) is 9.49. The van der Waals surface area contributed by atoms with Gasteiger partial charge in [-0.15, -0.1) is 11.8 Å². The van der Waals surface area contributed by atoms with Crippen molar-refractivity contribution in [3.8, 4) is 0 Å². The second kappa shape index (κ2) is 6.28. The van der Waals surface area contributed by atoms with E-state index in [4.69, 9.17) is 5.73 Å². The molecule has 6 heteroatoms. The Morgan fingerprint density at radius 3 is 2.75 bits per heavy atom. The zero-order chi connectivity index (χ0) is 14.7. The molecule has 0 atom stereocenters. The normalized spacial score (nSPS) is 10.5. The summed E-state index contributed by atoms with van der Waals surface area (Å²) in [5, 5.41) is 10.9. The lowest BCUT2D eigenvalue weighted by Gasteiger charge is -2.07. The zero-order valence-corrected chi connectivity index (χ0v) is 13.2. The number of benzene rings is 2. The van der Waals surface area contributed by atoms with Crippen LogP contribution in [0.2, 0.25) is 0 Å². The van der Waals surface area contributed by atoms with E-state index < -0.39 is 0 Å².